The number of benzene rings is 1. The zero-order valence-corrected chi connectivity index (χ0v) is 13.5. The molecular formula is C16H26ClN3. The Morgan fingerprint density at radius 1 is 1.35 bits per heavy atom. The molecule has 0 spiro atoms. The monoisotopic (exact) mass is 295 g/mol. The second-order valence-electron chi connectivity index (χ2n) is 5.89. The van der Waals surface area contributed by atoms with E-state index in [0.717, 1.165) is 18.0 Å². The number of hydrogen-bond donors (Lipinski definition) is 1. The van der Waals surface area contributed by atoms with E-state index < -0.39 is 0 Å². The first-order valence-corrected chi connectivity index (χ1v) is 7.78. The van der Waals surface area contributed by atoms with Gasteiger partial charge in [-0.2, -0.15) is 0 Å². The quantitative estimate of drug-likeness (QED) is 0.918. The van der Waals surface area contributed by atoms with Gasteiger partial charge in [0, 0.05) is 23.7 Å². The smallest absolute Gasteiger partial charge is 0.0408 e. The summed E-state index contributed by atoms with van der Waals surface area (Å²) in [6, 6.07) is 9.19. The number of likely N-dealkylation sites (N-methyl/N-ethyl adjacent to an activating group) is 3. The van der Waals surface area contributed by atoms with E-state index in [-0.39, 0.29) is 0 Å². The molecule has 0 bridgehead atoms. The molecule has 2 atom stereocenters. The van der Waals surface area contributed by atoms with Gasteiger partial charge in [-0.25, -0.2) is 0 Å². The third-order valence-corrected chi connectivity index (χ3v) is 4.53. The van der Waals surface area contributed by atoms with Crippen LogP contribution in [0.1, 0.15) is 12.0 Å². The molecule has 112 valence electrons. The zero-order valence-electron chi connectivity index (χ0n) is 12.8. The van der Waals surface area contributed by atoms with Crippen molar-refractivity contribution < 1.29 is 0 Å². The van der Waals surface area contributed by atoms with Gasteiger partial charge in [0.1, 0.15) is 0 Å². The molecule has 1 fully saturated rings. The summed E-state index contributed by atoms with van der Waals surface area (Å²) in [5.74, 6) is 0. The van der Waals surface area contributed by atoms with Crippen molar-refractivity contribution in [3.63, 3.8) is 0 Å². The van der Waals surface area contributed by atoms with E-state index >= 15 is 0 Å². The van der Waals surface area contributed by atoms with Crippen molar-refractivity contribution in [3.05, 3.63) is 34.9 Å². The summed E-state index contributed by atoms with van der Waals surface area (Å²) in [6.07, 6.45) is 2.26. The lowest BCUT2D eigenvalue weighted by Gasteiger charge is -2.34. The zero-order chi connectivity index (χ0) is 14.5. The van der Waals surface area contributed by atoms with Crippen LogP contribution in [0.15, 0.2) is 24.3 Å². The summed E-state index contributed by atoms with van der Waals surface area (Å²) < 4.78 is 0. The van der Waals surface area contributed by atoms with Crippen LogP contribution < -0.4 is 5.32 Å². The summed E-state index contributed by atoms with van der Waals surface area (Å²) in [5, 5.41) is 4.33. The molecule has 0 aromatic heterocycles. The Morgan fingerprint density at radius 3 is 2.85 bits per heavy atom. The maximum absolute atomic E-state index is 6.10. The average Bonchev–Trinajstić information content (AvgIpc) is 2.58. The highest BCUT2D eigenvalue weighted by molar-refractivity contribution is 6.30. The standard InChI is InChI=1S/C16H26ClN3/c1-18-15(11-13-6-4-7-14(17)10-13)16-12-19(2)8-5-9-20(16)3/h4,6-7,10,15-16,18H,5,8-9,11-12H2,1-3H3. The van der Waals surface area contributed by atoms with Crippen LogP contribution in [0.25, 0.3) is 0 Å². The molecule has 20 heavy (non-hydrogen) atoms. The van der Waals surface area contributed by atoms with Crippen molar-refractivity contribution in [1.29, 1.82) is 0 Å². The van der Waals surface area contributed by atoms with Crippen molar-refractivity contribution in [2.75, 3.05) is 40.8 Å². The Kier molecular flexibility index (Phi) is 5.85. The van der Waals surface area contributed by atoms with Gasteiger partial charge in [-0.3, -0.25) is 0 Å². The topological polar surface area (TPSA) is 18.5 Å². The molecule has 1 aliphatic rings. The Bertz CT molecular complexity index is 424. The van der Waals surface area contributed by atoms with Gasteiger partial charge in [0.2, 0.25) is 0 Å². The lowest BCUT2D eigenvalue weighted by molar-refractivity contribution is 0.181. The maximum atomic E-state index is 6.10. The molecule has 1 heterocycles. The van der Waals surface area contributed by atoms with E-state index in [9.17, 15) is 0 Å². The van der Waals surface area contributed by atoms with Crippen LogP contribution in [0.2, 0.25) is 5.02 Å². The second-order valence-corrected chi connectivity index (χ2v) is 6.33. The molecular weight excluding hydrogens is 270 g/mol. The summed E-state index contributed by atoms with van der Waals surface area (Å²) in [5.41, 5.74) is 1.30. The molecule has 0 amide bonds. The van der Waals surface area contributed by atoms with E-state index in [1.807, 2.05) is 12.1 Å². The maximum Gasteiger partial charge on any atom is 0.0408 e. The lowest BCUT2D eigenvalue weighted by Crippen LogP contribution is -2.52. The van der Waals surface area contributed by atoms with E-state index in [1.165, 1.54) is 25.1 Å². The molecule has 1 aromatic rings. The van der Waals surface area contributed by atoms with E-state index in [1.54, 1.807) is 0 Å². The summed E-state index contributed by atoms with van der Waals surface area (Å²) >= 11 is 6.10. The molecule has 2 unspecified atom stereocenters. The van der Waals surface area contributed by atoms with Crippen LogP contribution in [0.5, 0.6) is 0 Å². The molecule has 1 aromatic carbocycles. The van der Waals surface area contributed by atoms with Crippen LogP contribution >= 0.6 is 11.6 Å². The predicted molar refractivity (Wildman–Crippen MR) is 86.5 cm³/mol. The molecule has 1 aliphatic heterocycles. The first kappa shape index (κ1) is 15.8. The Morgan fingerprint density at radius 2 is 2.15 bits per heavy atom. The molecule has 1 N–H and O–H groups in total. The average molecular weight is 296 g/mol. The fourth-order valence-corrected chi connectivity index (χ4v) is 3.30. The fourth-order valence-electron chi connectivity index (χ4n) is 3.09. The molecule has 1 saturated heterocycles. The number of nitrogens with zero attached hydrogens (tertiary/aromatic N) is 2. The third kappa shape index (κ3) is 4.19. The molecule has 4 heteroatoms. The Hall–Kier alpha value is -0.610. The van der Waals surface area contributed by atoms with Gasteiger partial charge in [-0.1, -0.05) is 23.7 Å². The van der Waals surface area contributed by atoms with Gasteiger partial charge in [0.25, 0.3) is 0 Å². The Balaban J connectivity index is 2.09. The molecule has 2 rings (SSSR count). The first-order chi connectivity index (χ1) is 9.60. The van der Waals surface area contributed by atoms with Gasteiger partial charge in [0.15, 0.2) is 0 Å². The number of hydrogen-bond acceptors (Lipinski definition) is 3. The normalized spacial score (nSPS) is 23.5. The van der Waals surface area contributed by atoms with Crippen molar-refractivity contribution in [2.24, 2.45) is 0 Å². The van der Waals surface area contributed by atoms with Crippen LogP contribution in [0.4, 0.5) is 0 Å². The summed E-state index contributed by atoms with van der Waals surface area (Å²) in [4.78, 5) is 4.94. The van der Waals surface area contributed by atoms with Gasteiger partial charge in [-0.05, 0) is 64.8 Å². The van der Waals surface area contributed by atoms with Crippen molar-refractivity contribution >= 4 is 11.6 Å². The van der Waals surface area contributed by atoms with Crippen LogP contribution in [-0.4, -0.2) is 62.7 Å². The van der Waals surface area contributed by atoms with Crippen molar-refractivity contribution in [1.82, 2.24) is 15.1 Å². The highest BCUT2D eigenvalue weighted by Crippen LogP contribution is 2.17. The van der Waals surface area contributed by atoms with Crippen LogP contribution in [0, 0.1) is 0 Å². The minimum absolute atomic E-state index is 0.444. The fraction of sp³-hybridized carbons (Fsp3) is 0.625. The van der Waals surface area contributed by atoms with Crippen molar-refractivity contribution in [3.8, 4) is 0 Å². The lowest BCUT2D eigenvalue weighted by atomic mass is 9.98. The number of halogens is 1. The third-order valence-electron chi connectivity index (χ3n) is 4.30. The van der Waals surface area contributed by atoms with Gasteiger partial charge in [-0.15, -0.1) is 0 Å². The summed E-state index contributed by atoms with van der Waals surface area (Å²) in [6.45, 7) is 3.47. The van der Waals surface area contributed by atoms with Gasteiger partial charge < -0.3 is 15.1 Å². The number of nitrogens with one attached hydrogen (secondary N) is 1. The highest BCUT2D eigenvalue weighted by Gasteiger charge is 2.27. The van der Waals surface area contributed by atoms with Crippen LogP contribution in [0.3, 0.4) is 0 Å². The molecule has 0 saturated carbocycles. The molecule has 0 radical (unpaired) electrons. The first-order valence-electron chi connectivity index (χ1n) is 7.40. The molecule has 0 aliphatic carbocycles. The largest absolute Gasteiger partial charge is 0.315 e. The Labute approximate surface area is 127 Å². The van der Waals surface area contributed by atoms with Gasteiger partial charge >= 0.3 is 0 Å². The van der Waals surface area contributed by atoms with Crippen LogP contribution in [-0.2, 0) is 6.42 Å². The van der Waals surface area contributed by atoms with E-state index in [4.69, 9.17) is 11.6 Å². The van der Waals surface area contributed by atoms with E-state index in [2.05, 4.69) is 48.4 Å². The number of rotatable bonds is 4. The predicted octanol–water partition coefficient (Wildman–Crippen LogP) is 2.11. The highest BCUT2D eigenvalue weighted by atomic mass is 35.5. The second kappa shape index (κ2) is 7.41. The summed E-state index contributed by atoms with van der Waals surface area (Å²) in [7, 11) is 6.53. The SMILES string of the molecule is CNC(Cc1cccc(Cl)c1)C1CN(C)CCCN1C. The minimum Gasteiger partial charge on any atom is -0.315 e. The van der Waals surface area contributed by atoms with E-state index in [0.29, 0.717) is 12.1 Å². The van der Waals surface area contributed by atoms with Gasteiger partial charge in [0.05, 0.1) is 0 Å². The molecule has 3 nitrogen and oxygen atoms in total. The minimum atomic E-state index is 0.444. The van der Waals surface area contributed by atoms with Crippen molar-refractivity contribution in [2.45, 2.75) is 24.9 Å².